The average Bonchev–Trinajstić information content (AvgIpc) is 3.36. The minimum Gasteiger partial charge on any atom is -0.480 e. The molecule has 14 heteroatoms. The number of carbonyl (C=O) groups is 4. The first-order valence-electron chi connectivity index (χ1n) is 9.49. The topological polar surface area (TPSA) is 270 Å². The molecule has 4 rings (SSSR count). The molecule has 2 heterocycles. The van der Waals surface area contributed by atoms with E-state index in [1.807, 2.05) is 0 Å². The molecule has 14 nitrogen and oxygen atoms in total. The lowest BCUT2D eigenvalue weighted by Gasteiger charge is -2.01. The molecule has 2 aliphatic rings. The van der Waals surface area contributed by atoms with Crippen molar-refractivity contribution in [3.05, 3.63) is 36.4 Å². The first-order chi connectivity index (χ1) is 15.0. The number of carboxylic acids is 2. The molecule has 0 aromatic carbocycles. The first kappa shape index (κ1) is 26.6. The third-order valence-electron chi connectivity index (χ3n) is 3.95. The van der Waals surface area contributed by atoms with Crippen LogP contribution in [0.25, 0.3) is 0 Å². The number of nitrogens with one attached hydrogen (secondary N) is 2. The summed E-state index contributed by atoms with van der Waals surface area (Å²) in [5.41, 5.74) is 21.9. The van der Waals surface area contributed by atoms with Crippen LogP contribution in [0.3, 0.4) is 0 Å². The van der Waals surface area contributed by atoms with E-state index in [2.05, 4.69) is 19.9 Å². The maximum atomic E-state index is 10.3. The molecule has 176 valence electrons. The number of aliphatic carboxylic acids is 2. The fourth-order valence-corrected chi connectivity index (χ4v) is 1.75. The van der Waals surface area contributed by atoms with Crippen LogP contribution in [0.5, 0.6) is 0 Å². The molecule has 2 saturated carbocycles. The summed E-state index contributed by atoms with van der Waals surface area (Å²) in [4.78, 5) is 53.2. The highest BCUT2D eigenvalue weighted by molar-refractivity contribution is 5.99. The van der Waals surface area contributed by atoms with Crippen molar-refractivity contribution >= 4 is 23.5 Å². The highest BCUT2D eigenvalue weighted by atomic mass is 16.4. The van der Waals surface area contributed by atoms with E-state index in [1.54, 1.807) is 12.4 Å². The van der Waals surface area contributed by atoms with Crippen molar-refractivity contribution < 1.29 is 29.4 Å². The largest absolute Gasteiger partial charge is 0.480 e. The minimum absolute atomic E-state index is 0.0880. The summed E-state index contributed by atoms with van der Waals surface area (Å²) in [7, 11) is 0. The van der Waals surface area contributed by atoms with Gasteiger partial charge in [-0.3, -0.25) is 19.2 Å². The Bertz CT molecular complexity index is 798. The van der Waals surface area contributed by atoms with Gasteiger partial charge in [0, 0.05) is 38.1 Å². The number of imidazole rings is 2. The van der Waals surface area contributed by atoms with Crippen LogP contribution in [0.4, 0.5) is 0 Å². The number of ketones is 2. The number of Topliss-reactive ketones (excluding diaryl/α,β-unsaturated/α-hetero) is 2. The third kappa shape index (κ3) is 11.7. The molecule has 0 bridgehead atoms. The van der Waals surface area contributed by atoms with Crippen LogP contribution < -0.4 is 22.9 Å². The van der Waals surface area contributed by atoms with E-state index in [0.717, 1.165) is 0 Å². The smallest absolute Gasteiger partial charge is 0.320 e. The molecule has 0 radical (unpaired) electrons. The van der Waals surface area contributed by atoms with E-state index in [0.29, 0.717) is 24.2 Å². The van der Waals surface area contributed by atoms with Gasteiger partial charge >= 0.3 is 11.9 Å². The summed E-state index contributed by atoms with van der Waals surface area (Å²) >= 11 is 0. The van der Waals surface area contributed by atoms with Gasteiger partial charge in [-0.1, -0.05) is 0 Å². The van der Waals surface area contributed by atoms with Crippen LogP contribution in [0.1, 0.15) is 24.2 Å². The molecule has 0 spiro atoms. The van der Waals surface area contributed by atoms with Gasteiger partial charge in [-0.15, -0.1) is 0 Å². The fraction of sp³-hybridized carbons (Fsp3) is 0.444. The molecule has 0 amide bonds. The number of H-pyrrole nitrogens is 2. The van der Waals surface area contributed by atoms with E-state index >= 15 is 0 Å². The Labute approximate surface area is 182 Å². The molecule has 32 heavy (non-hydrogen) atoms. The van der Waals surface area contributed by atoms with Gasteiger partial charge in [0.2, 0.25) is 0 Å². The van der Waals surface area contributed by atoms with Gasteiger partial charge in [-0.2, -0.15) is 0 Å². The molecule has 2 aromatic rings. The fourth-order valence-electron chi connectivity index (χ4n) is 1.75. The molecule has 0 aliphatic heterocycles. The van der Waals surface area contributed by atoms with Crippen molar-refractivity contribution in [2.75, 3.05) is 0 Å². The zero-order chi connectivity index (χ0) is 24.3. The van der Waals surface area contributed by atoms with Crippen LogP contribution in [0.2, 0.25) is 0 Å². The second-order valence-electron chi connectivity index (χ2n) is 6.97. The van der Waals surface area contributed by atoms with Gasteiger partial charge in [0.1, 0.15) is 12.1 Å². The number of carboxylic acid groups (broad SMARTS) is 2. The standard InChI is InChI=1S/2C6H9N3O2.2C3H5NO/c2*7-5(6(10)11)1-4-2-8-3-9-4;2*4-2-1-3(2)5/h2*2-3,5H,1,7H2,(H,8,9)(H,10,11);2*2H,1,4H2/t2*5-;;/m00../s1. The van der Waals surface area contributed by atoms with Gasteiger partial charge in [0.05, 0.1) is 36.1 Å². The Hall–Kier alpha value is -3.46. The molecule has 4 atom stereocenters. The van der Waals surface area contributed by atoms with E-state index < -0.39 is 24.0 Å². The summed E-state index contributed by atoms with van der Waals surface area (Å²) in [6, 6.07) is -1.90. The first-order valence-corrected chi connectivity index (χ1v) is 9.49. The van der Waals surface area contributed by atoms with Crippen molar-refractivity contribution in [1.82, 2.24) is 19.9 Å². The molecule has 2 unspecified atom stereocenters. The van der Waals surface area contributed by atoms with Gasteiger partial charge in [0.25, 0.3) is 0 Å². The molecule has 12 N–H and O–H groups in total. The Balaban J connectivity index is 0.000000227. The Morgan fingerprint density at radius 3 is 1.31 bits per heavy atom. The number of aromatic nitrogens is 4. The van der Waals surface area contributed by atoms with Gasteiger partial charge < -0.3 is 43.1 Å². The number of carbonyl (C=O) groups excluding carboxylic acids is 2. The summed E-state index contributed by atoms with van der Waals surface area (Å²) in [6.07, 6.45) is 7.98. The molecular formula is C18H28N8O6. The van der Waals surface area contributed by atoms with Gasteiger partial charge in [0.15, 0.2) is 11.6 Å². The SMILES string of the molecule is NC1CC1=O.NC1CC1=O.N[C@@H](Cc1c[nH]cn1)C(=O)O.N[C@@H](Cc1c[nH]cn1)C(=O)O. The Morgan fingerprint density at radius 2 is 1.16 bits per heavy atom. The van der Waals surface area contributed by atoms with Crippen molar-refractivity contribution in [2.45, 2.75) is 49.9 Å². The number of aromatic amines is 2. The van der Waals surface area contributed by atoms with Crippen LogP contribution in [0, 0.1) is 0 Å². The summed E-state index contributed by atoms with van der Waals surface area (Å²) in [5, 5.41) is 16.8. The van der Waals surface area contributed by atoms with Gasteiger partial charge in [-0.25, -0.2) is 9.97 Å². The predicted octanol–water partition coefficient (Wildman–Crippen LogP) is -2.70. The summed E-state index contributed by atoms with van der Waals surface area (Å²) in [6.45, 7) is 0. The van der Waals surface area contributed by atoms with E-state index in [-0.39, 0.29) is 36.5 Å². The summed E-state index contributed by atoms with van der Waals surface area (Å²) < 4.78 is 0. The van der Waals surface area contributed by atoms with Crippen molar-refractivity contribution in [1.29, 1.82) is 0 Å². The van der Waals surface area contributed by atoms with Crippen LogP contribution in [0.15, 0.2) is 25.0 Å². The lowest BCUT2D eigenvalue weighted by molar-refractivity contribution is -0.139. The third-order valence-corrected chi connectivity index (χ3v) is 3.95. The number of nitrogens with two attached hydrogens (primary N) is 4. The molecule has 2 aliphatic carbocycles. The monoisotopic (exact) mass is 452 g/mol. The number of hydrogen-bond donors (Lipinski definition) is 8. The zero-order valence-corrected chi connectivity index (χ0v) is 17.2. The van der Waals surface area contributed by atoms with Crippen molar-refractivity contribution in [2.24, 2.45) is 22.9 Å². The summed E-state index contributed by atoms with van der Waals surface area (Å²) in [5.74, 6) is -1.61. The minimum atomic E-state index is -1.01. The predicted molar refractivity (Wildman–Crippen MR) is 111 cm³/mol. The number of nitrogens with zero attached hydrogens (tertiary/aromatic N) is 2. The van der Waals surface area contributed by atoms with Crippen LogP contribution >= 0.6 is 0 Å². The zero-order valence-electron chi connectivity index (χ0n) is 17.2. The highest BCUT2D eigenvalue weighted by Crippen LogP contribution is 2.08. The highest BCUT2D eigenvalue weighted by Gasteiger charge is 2.29. The van der Waals surface area contributed by atoms with Crippen LogP contribution in [-0.2, 0) is 32.0 Å². The van der Waals surface area contributed by atoms with Gasteiger partial charge in [-0.05, 0) is 0 Å². The molecular weight excluding hydrogens is 424 g/mol. The molecule has 0 saturated heterocycles. The Morgan fingerprint density at radius 1 is 0.875 bits per heavy atom. The quantitative estimate of drug-likeness (QED) is 0.222. The van der Waals surface area contributed by atoms with Crippen molar-refractivity contribution in [3.63, 3.8) is 0 Å². The van der Waals surface area contributed by atoms with E-state index in [4.69, 9.17) is 33.1 Å². The Kier molecular flexibility index (Phi) is 10.8. The maximum Gasteiger partial charge on any atom is 0.320 e. The second-order valence-corrected chi connectivity index (χ2v) is 6.97. The van der Waals surface area contributed by atoms with Crippen molar-refractivity contribution in [3.8, 4) is 0 Å². The maximum absolute atomic E-state index is 10.3. The second kappa shape index (κ2) is 13.1. The molecule has 2 aromatic heterocycles. The number of rotatable bonds is 6. The lowest BCUT2D eigenvalue weighted by Crippen LogP contribution is -2.32. The molecule has 2 fully saturated rings. The average molecular weight is 452 g/mol. The lowest BCUT2D eigenvalue weighted by atomic mass is 10.2. The van der Waals surface area contributed by atoms with Crippen LogP contribution in [-0.4, -0.2) is 77.8 Å². The number of hydrogen-bond acceptors (Lipinski definition) is 10. The van der Waals surface area contributed by atoms with E-state index in [9.17, 15) is 19.2 Å². The normalized spacial score (nSPS) is 19.6. The van der Waals surface area contributed by atoms with E-state index in [1.165, 1.54) is 12.7 Å².